The largest absolute Gasteiger partial charge is 0.346 e. The Morgan fingerprint density at radius 1 is 1.18 bits per heavy atom. The van der Waals surface area contributed by atoms with E-state index in [1.165, 1.54) is 0 Å². The molecule has 7 heteroatoms. The second kappa shape index (κ2) is 7.07. The number of carbonyl (C=O) groups excluding carboxylic acids is 1. The number of hydrogen-bond acceptors (Lipinski definition) is 5. The first-order chi connectivity index (χ1) is 13.8. The van der Waals surface area contributed by atoms with Gasteiger partial charge in [-0.1, -0.05) is 30.3 Å². The standard InChI is InChI=1S/C21H22N6O/c28-20(19-16-7-4-8-18(16)25-26-19)23-15-10-12-27(13-15)21-22-11-9-17(24-21)14-5-2-1-3-6-14/h1-3,5-6,9,11,15H,4,7-8,10,12-13H2,(H,23,28)(H,25,26). The molecule has 0 bridgehead atoms. The van der Waals surface area contributed by atoms with E-state index in [4.69, 9.17) is 4.98 Å². The molecule has 1 amide bonds. The number of carbonyl (C=O) groups is 1. The monoisotopic (exact) mass is 374 g/mol. The Morgan fingerprint density at radius 3 is 2.96 bits per heavy atom. The zero-order chi connectivity index (χ0) is 18.9. The summed E-state index contributed by atoms with van der Waals surface area (Å²) >= 11 is 0. The Labute approximate surface area is 163 Å². The molecule has 3 aromatic rings. The maximum atomic E-state index is 12.7. The van der Waals surface area contributed by atoms with Crippen LogP contribution in [-0.2, 0) is 12.8 Å². The van der Waals surface area contributed by atoms with Crippen molar-refractivity contribution in [2.24, 2.45) is 0 Å². The van der Waals surface area contributed by atoms with Gasteiger partial charge in [0.05, 0.1) is 5.69 Å². The highest BCUT2D eigenvalue weighted by Gasteiger charge is 2.29. The topological polar surface area (TPSA) is 86.8 Å². The van der Waals surface area contributed by atoms with Gasteiger partial charge in [-0.05, 0) is 31.7 Å². The second-order valence-corrected chi connectivity index (χ2v) is 7.40. The molecule has 1 unspecified atom stereocenters. The Bertz CT molecular complexity index is 999. The molecule has 0 spiro atoms. The normalized spacial score (nSPS) is 18.3. The molecule has 1 aliphatic heterocycles. The van der Waals surface area contributed by atoms with E-state index in [1.54, 1.807) is 6.20 Å². The summed E-state index contributed by atoms with van der Waals surface area (Å²) in [6.45, 7) is 1.53. The lowest BCUT2D eigenvalue weighted by atomic mass is 10.1. The third kappa shape index (κ3) is 3.13. The Balaban J connectivity index is 1.27. The number of benzene rings is 1. The van der Waals surface area contributed by atoms with Crippen molar-refractivity contribution in [2.75, 3.05) is 18.0 Å². The van der Waals surface area contributed by atoms with Crippen LogP contribution >= 0.6 is 0 Å². The van der Waals surface area contributed by atoms with Crippen LogP contribution in [-0.4, -0.2) is 45.2 Å². The summed E-state index contributed by atoms with van der Waals surface area (Å²) in [5.41, 5.74) is 4.75. The third-order valence-electron chi connectivity index (χ3n) is 5.54. The van der Waals surface area contributed by atoms with Gasteiger partial charge in [-0.15, -0.1) is 0 Å². The number of H-pyrrole nitrogens is 1. The van der Waals surface area contributed by atoms with Crippen molar-refractivity contribution in [3.8, 4) is 11.3 Å². The van der Waals surface area contributed by atoms with E-state index in [-0.39, 0.29) is 11.9 Å². The predicted molar refractivity (Wildman–Crippen MR) is 106 cm³/mol. The van der Waals surface area contributed by atoms with Crippen LogP contribution in [0.1, 0.15) is 34.6 Å². The molecule has 5 rings (SSSR count). The molecular formula is C21H22N6O. The number of nitrogens with one attached hydrogen (secondary N) is 2. The molecular weight excluding hydrogens is 352 g/mol. The third-order valence-corrected chi connectivity index (χ3v) is 5.54. The number of amides is 1. The maximum absolute atomic E-state index is 12.7. The number of fused-ring (bicyclic) bond motifs is 1. The number of anilines is 1. The van der Waals surface area contributed by atoms with Gasteiger partial charge in [0.1, 0.15) is 0 Å². The van der Waals surface area contributed by atoms with E-state index in [9.17, 15) is 4.79 Å². The van der Waals surface area contributed by atoms with Crippen LogP contribution in [0, 0.1) is 0 Å². The zero-order valence-electron chi connectivity index (χ0n) is 15.6. The SMILES string of the molecule is O=C(NC1CCN(c2nccc(-c3ccccc3)n2)C1)c1n[nH]c2c1CCC2. The lowest BCUT2D eigenvalue weighted by molar-refractivity contribution is 0.0934. The minimum atomic E-state index is -0.0785. The quantitative estimate of drug-likeness (QED) is 0.732. The van der Waals surface area contributed by atoms with Crippen molar-refractivity contribution in [1.82, 2.24) is 25.5 Å². The van der Waals surface area contributed by atoms with Crippen molar-refractivity contribution in [2.45, 2.75) is 31.7 Å². The minimum Gasteiger partial charge on any atom is -0.346 e. The van der Waals surface area contributed by atoms with E-state index in [1.807, 2.05) is 36.4 Å². The van der Waals surface area contributed by atoms with E-state index in [0.717, 1.165) is 54.7 Å². The molecule has 0 radical (unpaired) electrons. The minimum absolute atomic E-state index is 0.0743. The summed E-state index contributed by atoms with van der Waals surface area (Å²) in [7, 11) is 0. The van der Waals surface area contributed by atoms with Crippen molar-refractivity contribution in [3.05, 3.63) is 59.5 Å². The Morgan fingerprint density at radius 2 is 2.07 bits per heavy atom. The molecule has 1 aromatic carbocycles. The molecule has 0 saturated carbocycles. The van der Waals surface area contributed by atoms with Crippen molar-refractivity contribution >= 4 is 11.9 Å². The number of hydrogen-bond donors (Lipinski definition) is 2. The molecule has 7 nitrogen and oxygen atoms in total. The molecule has 142 valence electrons. The van der Waals surface area contributed by atoms with Crippen LogP contribution in [0.25, 0.3) is 11.3 Å². The number of aromatic amines is 1. The molecule has 2 aromatic heterocycles. The highest BCUT2D eigenvalue weighted by atomic mass is 16.2. The highest BCUT2D eigenvalue weighted by Crippen LogP contribution is 2.24. The first-order valence-electron chi connectivity index (χ1n) is 9.78. The summed E-state index contributed by atoms with van der Waals surface area (Å²) < 4.78 is 0. The summed E-state index contributed by atoms with van der Waals surface area (Å²) in [5, 5.41) is 10.4. The molecule has 1 aliphatic carbocycles. The number of aromatic nitrogens is 4. The fraction of sp³-hybridized carbons (Fsp3) is 0.333. The predicted octanol–water partition coefficient (Wildman–Crippen LogP) is 2.36. The lowest BCUT2D eigenvalue weighted by Gasteiger charge is -2.17. The van der Waals surface area contributed by atoms with Gasteiger partial charge < -0.3 is 10.2 Å². The van der Waals surface area contributed by atoms with Crippen molar-refractivity contribution < 1.29 is 4.79 Å². The highest BCUT2D eigenvalue weighted by molar-refractivity contribution is 5.94. The molecule has 2 aliphatic rings. The van der Waals surface area contributed by atoms with Crippen molar-refractivity contribution in [1.29, 1.82) is 0 Å². The first-order valence-corrected chi connectivity index (χ1v) is 9.78. The van der Waals surface area contributed by atoms with Gasteiger partial charge in [0, 0.05) is 42.1 Å². The fourth-order valence-electron chi connectivity index (χ4n) is 4.09. The lowest BCUT2D eigenvalue weighted by Crippen LogP contribution is -2.38. The van der Waals surface area contributed by atoms with Gasteiger partial charge in [-0.25, -0.2) is 9.97 Å². The summed E-state index contributed by atoms with van der Waals surface area (Å²) in [6.07, 6.45) is 5.69. The van der Waals surface area contributed by atoms with Gasteiger partial charge in [-0.3, -0.25) is 9.89 Å². The number of rotatable bonds is 4. The molecule has 1 atom stereocenters. The van der Waals surface area contributed by atoms with E-state index < -0.39 is 0 Å². The average Bonchev–Trinajstić information content (AvgIpc) is 3.46. The number of nitrogens with zero attached hydrogens (tertiary/aromatic N) is 4. The molecule has 28 heavy (non-hydrogen) atoms. The Hall–Kier alpha value is -3.22. The summed E-state index contributed by atoms with van der Waals surface area (Å²) in [4.78, 5) is 24.0. The van der Waals surface area contributed by atoms with Gasteiger partial charge in [0.15, 0.2) is 5.69 Å². The van der Waals surface area contributed by atoms with Crippen LogP contribution in [0.2, 0.25) is 0 Å². The Kier molecular flexibility index (Phi) is 4.27. The molecule has 3 heterocycles. The number of aryl methyl sites for hydroxylation is 1. The van der Waals surface area contributed by atoms with E-state index in [0.29, 0.717) is 18.2 Å². The molecule has 1 saturated heterocycles. The molecule has 2 N–H and O–H groups in total. The average molecular weight is 374 g/mol. The van der Waals surface area contributed by atoms with Crippen molar-refractivity contribution in [3.63, 3.8) is 0 Å². The summed E-state index contributed by atoms with van der Waals surface area (Å²) in [5.74, 6) is 0.629. The maximum Gasteiger partial charge on any atom is 0.272 e. The van der Waals surface area contributed by atoms with E-state index in [2.05, 4.69) is 25.4 Å². The fourth-order valence-corrected chi connectivity index (χ4v) is 4.09. The van der Waals surface area contributed by atoms with Crippen LogP contribution in [0.4, 0.5) is 5.95 Å². The van der Waals surface area contributed by atoms with Crippen LogP contribution in [0.5, 0.6) is 0 Å². The molecule has 1 fully saturated rings. The van der Waals surface area contributed by atoms with Gasteiger partial charge in [0.2, 0.25) is 5.95 Å². The van der Waals surface area contributed by atoms with Gasteiger partial charge in [-0.2, -0.15) is 5.10 Å². The van der Waals surface area contributed by atoms with Gasteiger partial charge >= 0.3 is 0 Å². The van der Waals surface area contributed by atoms with Crippen LogP contribution in [0.3, 0.4) is 0 Å². The van der Waals surface area contributed by atoms with Gasteiger partial charge in [0.25, 0.3) is 5.91 Å². The first kappa shape index (κ1) is 16.9. The van der Waals surface area contributed by atoms with E-state index >= 15 is 0 Å². The zero-order valence-corrected chi connectivity index (χ0v) is 15.6. The van der Waals surface area contributed by atoms with Crippen LogP contribution < -0.4 is 10.2 Å². The van der Waals surface area contributed by atoms with Crippen LogP contribution in [0.15, 0.2) is 42.6 Å². The summed E-state index contributed by atoms with van der Waals surface area (Å²) in [6, 6.07) is 12.1. The smallest absolute Gasteiger partial charge is 0.272 e. The second-order valence-electron chi connectivity index (χ2n) is 7.40.